The van der Waals surface area contributed by atoms with Crippen molar-refractivity contribution < 1.29 is 14.3 Å². The van der Waals surface area contributed by atoms with Gasteiger partial charge < -0.3 is 15.4 Å². The molecule has 0 spiro atoms. The van der Waals surface area contributed by atoms with E-state index in [2.05, 4.69) is 24.5 Å². The van der Waals surface area contributed by atoms with Crippen LogP contribution in [0.25, 0.3) is 0 Å². The van der Waals surface area contributed by atoms with Crippen molar-refractivity contribution in [3.05, 3.63) is 0 Å². The summed E-state index contributed by atoms with van der Waals surface area (Å²) in [6, 6.07) is -0.847. The van der Waals surface area contributed by atoms with Gasteiger partial charge in [0.1, 0.15) is 6.04 Å². The molecule has 0 aliphatic carbocycles. The number of ether oxygens (including phenoxy) is 1. The number of hydrogen-bond donors (Lipinski definition) is 2. The third kappa shape index (κ3) is 3.70. The highest BCUT2D eigenvalue weighted by molar-refractivity contribution is 5.87. The maximum absolute atomic E-state index is 12.2. The van der Waals surface area contributed by atoms with Crippen molar-refractivity contribution in [1.82, 2.24) is 10.6 Å². The summed E-state index contributed by atoms with van der Waals surface area (Å²) in [6.45, 7) is 8.70. The number of rotatable bonds is 4. The van der Waals surface area contributed by atoms with E-state index in [1.807, 2.05) is 0 Å². The van der Waals surface area contributed by atoms with Crippen molar-refractivity contribution >= 4 is 11.9 Å². The molecule has 1 heterocycles. The van der Waals surface area contributed by atoms with Crippen molar-refractivity contribution in [3.8, 4) is 0 Å². The fourth-order valence-electron chi connectivity index (χ4n) is 2.28. The first-order valence-corrected chi connectivity index (χ1v) is 6.59. The molecule has 0 aromatic rings. The first kappa shape index (κ1) is 15.0. The van der Waals surface area contributed by atoms with E-state index in [1.165, 1.54) is 0 Å². The Morgan fingerprint density at radius 1 is 1.50 bits per heavy atom. The zero-order valence-electron chi connectivity index (χ0n) is 11.7. The monoisotopic (exact) mass is 256 g/mol. The van der Waals surface area contributed by atoms with Gasteiger partial charge in [-0.1, -0.05) is 13.8 Å². The highest BCUT2D eigenvalue weighted by Gasteiger charge is 2.37. The molecule has 1 rings (SSSR count). The Morgan fingerprint density at radius 3 is 2.72 bits per heavy atom. The lowest BCUT2D eigenvalue weighted by molar-refractivity contribution is -0.147. The minimum Gasteiger partial charge on any atom is -0.464 e. The first-order chi connectivity index (χ1) is 8.38. The lowest BCUT2D eigenvalue weighted by Gasteiger charge is -2.38. The molecule has 104 valence electrons. The van der Waals surface area contributed by atoms with E-state index in [9.17, 15) is 9.59 Å². The number of carbonyl (C=O) groups excluding carboxylic acids is 2. The fraction of sp³-hybridized carbons (Fsp3) is 0.846. The first-order valence-electron chi connectivity index (χ1n) is 6.59. The van der Waals surface area contributed by atoms with Crippen molar-refractivity contribution in [2.75, 3.05) is 13.2 Å². The number of piperidine rings is 1. The molecular weight excluding hydrogens is 232 g/mol. The van der Waals surface area contributed by atoms with Crippen molar-refractivity contribution in [2.45, 2.75) is 52.6 Å². The smallest absolute Gasteiger partial charge is 0.328 e. The van der Waals surface area contributed by atoms with E-state index < -0.39 is 6.04 Å². The molecule has 0 aromatic heterocycles. The number of amides is 1. The van der Waals surface area contributed by atoms with Crippen molar-refractivity contribution in [2.24, 2.45) is 5.41 Å². The second-order valence-electron chi connectivity index (χ2n) is 5.46. The minimum absolute atomic E-state index is 0.0866. The average molecular weight is 256 g/mol. The fourth-order valence-corrected chi connectivity index (χ4v) is 2.28. The highest BCUT2D eigenvalue weighted by Crippen LogP contribution is 2.30. The molecule has 1 aliphatic heterocycles. The van der Waals surface area contributed by atoms with Crippen LogP contribution in [0.5, 0.6) is 0 Å². The van der Waals surface area contributed by atoms with Crippen LogP contribution in [-0.4, -0.2) is 37.1 Å². The van der Waals surface area contributed by atoms with E-state index in [0.29, 0.717) is 6.61 Å². The zero-order chi connectivity index (χ0) is 13.8. The Labute approximate surface area is 109 Å². The normalized spacial score (nSPS) is 24.1. The average Bonchev–Trinajstić information content (AvgIpc) is 2.28. The minimum atomic E-state index is -0.600. The van der Waals surface area contributed by atoms with E-state index in [4.69, 9.17) is 4.74 Å². The van der Waals surface area contributed by atoms with Crippen LogP contribution in [0.15, 0.2) is 0 Å². The van der Waals surface area contributed by atoms with Gasteiger partial charge in [-0.2, -0.15) is 0 Å². The van der Waals surface area contributed by atoms with Gasteiger partial charge in [-0.3, -0.25) is 4.79 Å². The number of nitrogens with one attached hydrogen (secondary N) is 2. The van der Waals surface area contributed by atoms with Gasteiger partial charge in [-0.15, -0.1) is 0 Å². The van der Waals surface area contributed by atoms with Crippen LogP contribution >= 0.6 is 0 Å². The molecule has 18 heavy (non-hydrogen) atoms. The molecule has 0 radical (unpaired) electrons. The van der Waals surface area contributed by atoms with Crippen LogP contribution in [-0.2, 0) is 14.3 Å². The SMILES string of the molecule is CCOC(=O)C(C)NC(=O)C1NCCCC1(C)C. The molecule has 1 fully saturated rings. The molecule has 5 nitrogen and oxygen atoms in total. The van der Waals surface area contributed by atoms with Crippen LogP contribution in [0.1, 0.15) is 40.5 Å². The molecule has 5 heteroatoms. The van der Waals surface area contributed by atoms with E-state index in [1.54, 1.807) is 13.8 Å². The van der Waals surface area contributed by atoms with E-state index in [-0.39, 0.29) is 23.3 Å². The summed E-state index contributed by atoms with van der Waals surface area (Å²) < 4.78 is 4.87. The van der Waals surface area contributed by atoms with E-state index >= 15 is 0 Å². The number of hydrogen-bond acceptors (Lipinski definition) is 4. The Hall–Kier alpha value is -1.10. The van der Waals surface area contributed by atoms with Crippen LogP contribution < -0.4 is 10.6 Å². The van der Waals surface area contributed by atoms with Gasteiger partial charge >= 0.3 is 5.97 Å². The molecule has 0 saturated carbocycles. The van der Waals surface area contributed by atoms with Crippen LogP contribution in [0.4, 0.5) is 0 Å². The van der Waals surface area contributed by atoms with Gasteiger partial charge in [0.05, 0.1) is 12.6 Å². The summed E-state index contributed by atoms with van der Waals surface area (Å²) in [6.07, 6.45) is 2.08. The molecule has 1 saturated heterocycles. The zero-order valence-corrected chi connectivity index (χ0v) is 11.7. The van der Waals surface area contributed by atoms with Crippen LogP contribution in [0.2, 0.25) is 0 Å². The summed E-state index contributed by atoms with van der Waals surface area (Å²) in [7, 11) is 0. The molecule has 2 unspecified atom stereocenters. The van der Waals surface area contributed by atoms with E-state index in [0.717, 1.165) is 19.4 Å². The van der Waals surface area contributed by atoms with Gasteiger partial charge in [0.25, 0.3) is 0 Å². The molecule has 2 N–H and O–H groups in total. The summed E-state index contributed by atoms with van der Waals surface area (Å²) in [5.41, 5.74) is -0.0866. The third-order valence-electron chi connectivity index (χ3n) is 3.39. The predicted octanol–water partition coefficient (Wildman–Crippen LogP) is 0.832. The molecular formula is C13H24N2O3. The third-order valence-corrected chi connectivity index (χ3v) is 3.39. The maximum atomic E-state index is 12.2. The quantitative estimate of drug-likeness (QED) is 0.731. The second-order valence-corrected chi connectivity index (χ2v) is 5.46. The summed E-state index contributed by atoms with van der Waals surface area (Å²) >= 11 is 0. The summed E-state index contributed by atoms with van der Waals surface area (Å²) in [5, 5.41) is 5.94. The topological polar surface area (TPSA) is 67.4 Å². The van der Waals surface area contributed by atoms with Gasteiger partial charge in [0.2, 0.25) is 5.91 Å². The maximum Gasteiger partial charge on any atom is 0.328 e. The number of esters is 1. The molecule has 1 amide bonds. The molecule has 2 atom stereocenters. The Bertz CT molecular complexity index is 315. The van der Waals surface area contributed by atoms with Crippen LogP contribution in [0, 0.1) is 5.41 Å². The molecule has 0 aromatic carbocycles. The Kier molecular flexibility index (Phi) is 5.14. The largest absolute Gasteiger partial charge is 0.464 e. The summed E-state index contributed by atoms with van der Waals surface area (Å²) in [4.78, 5) is 23.6. The van der Waals surface area contributed by atoms with Gasteiger partial charge in [-0.05, 0) is 38.6 Å². The molecule has 0 bridgehead atoms. The lowest BCUT2D eigenvalue weighted by atomic mass is 9.77. The number of carbonyl (C=O) groups is 2. The van der Waals surface area contributed by atoms with Crippen molar-refractivity contribution in [1.29, 1.82) is 0 Å². The van der Waals surface area contributed by atoms with Crippen molar-refractivity contribution in [3.63, 3.8) is 0 Å². The lowest BCUT2D eigenvalue weighted by Crippen LogP contribution is -2.57. The Balaban J connectivity index is 2.56. The Morgan fingerprint density at radius 2 is 2.17 bits per heavy atom. The summed E-state index contributed by atoms with van der Waals surface area (Å²) in [5.74, 6) is -0.514. The predicted molar refractivity (Wildman–Crippen MR) is 69.0 cm³/mol. The van der Waals surface area contributed by atoms with Gasteiger partial charge in [0.15, 0.2) is 0 Å². The van der Waals surface area contributed by atoms with Crippen LogP contribution in [0.3, 0.4) is 0 Å². The van der Waals surface area contributed by atoms with Gasteiger partial charge in [-0.25, -0.2) is 4.79 Å². The highest BCUT2D eigenvalue weighted by atomic mass is 16.5. The second kappa shape index (κ2) is 6.18. The van der Waals surface area contributed by atoms with Gasteiger partial charge in [0, 0.05) is 0 Å². The molecule has 1 aliphatic rings. The standard InChI is InChI=1S/C13H24N2O3/c1-5-18-12(17)9(2)15-11(16)10-13(3,4)7-6-8-14-10/h9-10,14H,5-8H2,1-4H3,(H,15,16).